The minimum atomic E-state index is -1.09. The van der Waals surface area contributed by atoms with Gasteiger partial charge in [0.25, 0.3) is 0 Å². The lowest BCUT2D eigenvalue weighted by Gasteiger charge is -2.11. The number of rotatable bonds is 5. The zero-order valence-electron chi connectivity index (χ0n) is 12.5. The van der Waals surface area contributed by atoms with Crippen LogP contribution in [0, 0.1) is 5.82 Å². The normalized spacial score (nSPS) is 12.1. The van der Waals surface area contributed by atoms with Crippen LogP contribution in [0.5, 0.6) is 0 Å². The van der Waals surface area contributed by atoms with E-state index in [1.54, 1.807) is 18.2 Å². The van der Waals surface area contributed by atoms with Crippen LogP contribution in [0.4, 0.5) is 4.39 Å². The third-order valence-corrected chi connectivity index (χ3v) is 4.05. The lowest BCUT2D eigenvalue weighted by Crippen LogP contribution is -2.16. The maximum Gasteiger partial charge on any atom is 0.312 e. The average Bonchev–Trinajstić information content (AvgIpc) is 2.96. The van der Waals surface area contributed by atoms with Crippen LogP contribution >= 0.6 is 11.6 Å². The number of H-pyrrole nitrogens is 1. The first-order chi connectivity index (χ1) is 11.6. The molecule has 0 amide bonds. The first-order valence-corrected chi connectivity index (χ1v) is 7.71. The molecule has 0 aliphatic carbocycles. The van der Waals surface area contributed by atoms with Crippen molar-refractivity contribution >= 4 is 17.6 Å². The van der Waals surface area contributed by atoms with Crippen LogP contribution < -0.4 is 0 Å². The Bertz CT molecular complexity index is 864. The number of hydrogen-bond donors (Lipinski definition) is 2. The standard InChI is InChI=1S/C18H14ClFN2O2/c19-16-15(21-17(22-16)11-6-2-1-3-7-11)13(18(23)24)10-12-8-4-5-9-14(12)20/h1-9,13H,10H2,(H,21,22)(H,23,24). The van der Waals surface area contributed by atoms with E-state index in [9.17, 15) is 14.3 Å². The number of benzene rings is 2. The summed E-state index contributed by atoms with van der Waals surface area (Å²) < 4.78 is 13.8. The Morgan fingerprint density at radius 3 is 2.50 bits per heavy atom. The Morgan fingerprint density at radius 1 is 1.17 bits per heavy atom. The van der Waals surface area contributed by atoms with E-state index < -0.39 is 17.7 Å². The summed E-state index contributed by atoms with van der Waals surface area (Å²) in [5.74, 6) is -2.07. The average molecular weight is 345 g/mol. The minimum absolute atomic E-state index is 0.0157. The molecule has 0 radical (unpaired) electrons. The fourth-order valence-electron chi connectivity index (χ4n) is 2.53. The molecular formula is C18H14ClFN2O2. The summed E-state index contributed by atoms with van der Waals surface area (Å²) in [6.45, 7) is 0. The molecule has 0 saturated heterocycles. The molecule has 0 bridgehead atoms. The highest BCUT2D eigenvalue weighted by Crippen LogP contribution is 2.30. The molecule has 3 rings (SSSR count). The molecule has 0 saturated carbocycles. The van der Waals surface area contributed by atoms with Gasteiger partial charge < -0.3 is 10.1 Å². The highest BCUT2D eigenvalue weighted by Gasteiger charge is 2.27. The van der Waals surface area contributed by atoms with Crippen LogP contribution in [-0.4, -0.2) is 21.0 Å². The van der Waals surface area contributed by atoms with E-state index in [-0.39, 0.29) is 17.3 Å². The number of aliphatic carboxylic acids is 1. The Kier molecular flexibility index (Phi) is 4.62. The van der Waals surface area contributed by atoms with E-state index in [1.807, 2.05) is 30.3 Å². The summed E-state index contributed by atoms with van der Waals surface area (Å²) in [5, 5.41) is 9.64. The smallest absolute Gasteiger partial charge is 0.312 e. The zero-order valence-corrected chi connectivity index (χ0v) is 13.3. The third-order valence-electron chi connectivity index (χ3n) is 3.76. The molecule has 1 heterocycles. The van der Waals surface area contributed by atoms with Gasteiger partial charge in [0.15, 0.2) is 5.15 Å². The van der Waals surface area contributed by atoms with E-state index in [0.717, 1.165) is 5.56 Å². The van der Waals surface area contributed by atoms with Gasteiger partial charge in [-0.3, -0.25) is 4.79 Å². The highest BCUT2D eigenvalue weighted by molar-refractivity contribution is 6.30. The quantitative estimate of drug-likeness (QED) is 0.726. The third kappa shape index (κ3) is 3.31. The Hall–Kier alpha value is -2.66. The molecule has 2 N–H and O–H groups in total. The minimum Gasteiger partial charge on any atom is -0.481 e. The lowest BCUT2D eigenvalue weighted by atomic mass is 9.96. The summed E-state index contributed by atoms with van der Waals surface area (Å²) in [4.78, 5) is 18.9. The number of carboxylic acid groups (broad SMARTS) is 1. The van der Waals surface area contributed by atoms with Gasteiger partial charge in [-0.15, -0.1) is 0 Å². The number of carbonyl (C=O) groups is 1. The summed E-state index contributed by atoms with van der Waals surface area (Å²) in [6, 6.07) is 15.3. The van der Waals surface area contributed by atoms with E-state index in [1.165, 1.54) is 6.07 Å². The van der Waals surface area contributed by atoms with Crippen LogP contribution in [0.1, 0.15) is 17.2 Å². The molecule has 24 heavy (non-hydrogen) atoms. The molecule has 122 valence electrons. The first kappa shape index (κ1) is 16.2. The number of imidazole rings is 1. The van der Waals surface area contributed by atoms with E-state index in [4.69, 9.17) is 11.6 Å². The Balaban J connectivity index is 1.97. The van der Waals surface area contributed by atoms with Crippen molar-refractivity contribution in [3.8, 4) is 11.4 Å². The number of hydrogen-bond acceptors (Lipinski definition) is 2. The van der Waals surface area contributed by atoms with Gasteiger partial charge in [-0.2, -0.15) is 0 Å². The van der Waals surface area contributed by atoms with Gasteiger partial charge in [-0.25, -0.2) is 9.37 Å². The predicted molar refractivity (Wildman–Crippen MR) is 89.5 cm³/mol. The number of halogens is 2. The van der Waals surface area contributed by atoms with Gasteiger partial charge in [0.2, 0.25) is 0 Å². The molecule has 0 spiro atoms. The molecule has 0 aliphatic rings. The van der Waals surface area contributed by atoms with E-state index >= 15 is 0 Å². The van der Waals surface area contributed by atoms with Crippen molar-refractivity contribution in [1.29, 1.82) is 0 Å². The van der Waals surface area contributed by atoms with Gasteiger partial charge in [0, 0.05) is 5.56 Å². The number of carboxylic acids is 1. The predicted octanol–water partition coefficient (Wildman–Crippen LogP) is 4.28. The zero-order chi connectivity index (χ0) is 17.1. The summed E-state index contributed by atoms with van der Waals surface area (Å²) in [6.07, 6.45) is -0.0157. The maximum absolute atomic E-state index is 13.8. The Labute approximate surface area is 142 Å². The van der Waals surface area contributed by atoms with Crippen LogP contribution in [0.15, 0.2) is 54.6 Å². The maximum atomic E-state index is 13.8. The molecule has 0 aliphatic heterocycles. The van der Waals surface area contributed by atoms with Crippen LogP contribution in [0.25, 0.3) is 11.4 Å². The number of nitrogens with zero attached hydrogens (tertiary/aromatic N) is 1. The van der Waals surface area contributed by atoms with Crippen molar-refractivity contribution in [3.05, 3.63) is 76.8 Å². The van der Waals surface area contributed by atoms with Gasteiger partial charge in [-0.1, -0.05) is 60.1 Å². The van der Waals surface area contributed by atoms with Crippen LogP contribution in [-0.2, 0) is 11.2 Å². The van der Waals surface area contributed by atoms with Crippen LogP contribution in [0.2, 0.25) is 5.15 Å². The van der Waals surface area contributed by atoms with E-state index in [0.29, 0.717) is 11.4 Å². The van der Waals surface area contributed by atoms with Crippen LogP contribution in [0.3, 0.4) is 0 Å². The fraction of sp³-hybridized carbons (Fsp3) is 0.111. The second kappa shape index (κ2) is 6.84. The SMILES string of the molecule is O=C(O)C(Cc1ccccc1F)c1[nH]c(-c2ccccc2)nc1Cl. The Morgan fingerprint density at radius 2 is 1.83 bits per heavy atom. The van der Waals surface area contributed by atoms with Crippen molar-refractivity contribution in [2.75, 3.05) is 0 Å². The molecule has 3 aromatic rings. The van der Waals surface area contributed by atoms with E-state index in [2.05, 4.69) is 9.97 Å². The van der Waals surface area contributed by atoms with Gasteiger partial charge in [0.1, 0.15) is 17.6 Å². The largest absolute Gasteiger partial charge is 0.481 e. The monoisotopic (exact) mass is 344 g/mol. The molecule has 4 nitrogen and oxygen atoms in total. The summed E-state index contributed by atoms with van der Waals surface area (Å²) in [5.41, 5.74) is 1.38. The topological polar surface area (TPSA) is 66.0 Å². The van der Waals surface area contributed by atoms with Crippen molar-refractivity contribution in [2.45, 2.75) is 12.3 Å². The van der Waals surface area contributed by atoms with Crippen molar-refractivity contribution < 1.29 is 14.3 Å². The van der Waals surface area contributed by atoms with Crippen molar-refractivity contribution in [3.63, 3.8) is 0 Å². The molecule has 1 aromatic heterocycles. The molecular weight excluding hydrogens is 331 g/mol. The second-order valence-corrected chi connectivity index (χ2v) is 5.70. The molecule has 1 atom stereocenters. The number of aromatic amines is 1. The molecule has 6 heteroatoms. The van der Waals surface area contributed by atoms with Gasteiger partial charge in [-0.05, 0) is 18.1 Å². The lowest BCUT2D eigenvalue weighted by molar-refractivity contribution is -0.138. The molecule has 0 fully saturated rings. The van der Waals surface area contributed by atoms with Crippen molar-refractivity contribution in [2.24, 2.45) is 0 Å². The number of aromatic nitrogens is 2. The van der Waals surface area contributed by atoms with Gasteiger partial charge >= 0.3 is 5.97 Å². The highest BCUT2D eigenvalue weighted by atomic mass is 35.5. The summed E-state index contributed by atoms with van der Waals surface area (Å²) in [7, 11) is 0. The first-order valence-electron chi connectivity index (χ1n) is 7.33. The van der Waals surface area contributed by atoms with Gasteiger partial charge in [0.05, 0.1) is 5.69 Å². The fourth-order valence-corrected chi connectivity index (χ4v) is 2.79. The second-order valence-electron chi connectivity index (χ2n) is 5.34. The summed E-state index contributed by atoms with van der Waals surface area (Å²) >= 11 is 6.14. The number of nitrogens with one attached hydrogen (secondary N) is 1. The molecule has 1 unspecified atom stereocenters. The molecule has 2 aromatic carbocycles. The van der Waals surface area contributed by atoms with Crippen molar-refractivity contribution in [1.82, 2.24) is 9.97 Å².